The van der Waals surface area contributed by atoms with Gasteiger partial charge in [0, 0.05) is 17.5 Å². The summed E-state index contributed by atoms with van der Waals surface area (Å²) in [5.74, 6) is 0. The van der Waals surface area contributed by atoms with Crippen LogP contribution < -0.4 is 10.9 Å². The molecule has 3 rings (SSSR count). The Balaban J connectivity index is 1.96. The molecule has 0 saturated heterocycles. The largest absolute Gasteiger partial charge is 0.366 e. The number of nitrogens with zero attached hydrogens (tertiary/aromatic N) is 1. The van der Waals surface area contributed by atoms with E-state index in [0.717, 1.165) is 16.5 Å². The number of aromatic amines is 1. The van der Waals surface area contributed by atoms with Crippen LogP contribution in [-0.4, -0.2) is 22.0 Å². The lowest BCUT2D eigenvalue weighted by Crippen LogP contribution is -2.38. The van der Waals surface area contributed by atoms with Crippen molar-refractivity contribution in [3.8, 4) is 0 Å². The number of aromatic nitrogens is 1. The SMILES string of the molecule is CNC(=S)N(Cc1cccs1)Cc1cc2ccc(C)c(C)c2[nH]c1=O. The summed E-state index contributed by atoms with van der Waals surface area (Å²) in [6.07, 6.45) is 0. The van der Waals surface area contributed by atoms with Crippen LogP contribution >= 0.6 is 23.6 Å². The van der Waals surface area contributed by atoms with Crippen molar-refractivity contribution in [2.45, 2.75) is 26.9 Å². The number of fused-ring (bicyclic) bond motifs is 1. The number of thiophene rings is 1. The highest BCUT2D eigenvalue weighted by molar-refractivity contribution is 7.80. The highest BCUT2D eigenvalue weighted by atomic mass is 32.1. The summed E-state index contributed by atoms with van der Waals surface area (Å²) >= 11 is 7.12. The van der Waals surface area contributed by atoms with Crippen molar-refractivity contribution >= 4 is 39.6 Å². The van der Waals surface area contributed by atoms with Gasteiger partial charge in [-0.2, -0.15) is 0 Å². The first-order valence-electron chi connectivity index (χ1n) is 8.10. The summed E-state index contributed by atoms with van der Waals surface area (Å²) in [4.78, 5) is 18.9. The van der Waals surface area contributed by atoms with E-state index in [1.807, 2.05) is 29.3 Å². The average molecular weight is 372 g/mol. The number of hydrogen-bond acceptors (Lipinski definition) is 3. The molecular formula is C19H21N3OS2. The van der Waals surface area contributed by atoms with Crippen LogP contribution in [0.4, 0.5) is 0 Å². The van der Waals surface area contributed by atoms with Crippen LogP contribution in [0.25, 0.3) is 10.9 Å². The Morgan fingerprint density at radius 3 is 2.76 bits per heavy atom. The first-order valence-corrected chi connectivity index (χ1v) is 9.39. The van der Waals surface area contributed by atoms with E-state index in [2.05, 4.69) is 35.4 Å². The van der Waals surface area contributed by atoms with Crippen LogP contribution in [0.2, 0.25) is 0 Å². The molecule has 0 spiro atoms. The summed E-state index contributed by atoms with van der Waals surface area (Å²) in [7, 11) is 1.81. The van der Waals surface area contributed by atoms with E-state index >= 15 is 0 Å². The van der Waals surface area contributed by atoms with Crippen LogP contribution in [0.15, 0.2) is 40.5 Å². The third-order valence-corrected chi connectivity index (χ3v) is 5.74. The molecule has 0 unspecified atom stereocenters. The minimum Gasteiger partial charge on any atom is -0.366 e. The third kappa shape index (κ3) is 3.75. The number of thiocarbonyl (C=S) groups is 1. The molecule has 0 atom stereocenters. The fourth-order valence-electron chi connectivity index (χ4n) is 2.84. The van der Waals surface area contributed by atoms with Gasteiger partial charge in [0.25, 0.3) is 5.56 Å². The second kappa shape index (κ2) is 7.37. The second-order valence-electron chi connectivity index (χ2n) is 6.09. The van der Waals surface area contributed by atoms with Crippen LogP contribution in [-0.2, 0) is 13.1 Å². The quantitative estimate of drug-likeness (QED) is 0.687. The maximum atomic E-state index is 12.6. The number of nitrogens with one attached hydrogen (secondary N) is 2. The number of aryl methyl sites for hydroxylation is 2. The van der Waals surface area contributed by atoms with Crippen molar-refractivity contribution in [2.24, 2.45) is 0 Å². The Bertz CT molecular complexity index is 961. The minimum absolute atomic E-state index is 0.0590. The van der Waals surface area contributed by atoms with Gasteiger partial charge in [-0.05, 0) is 60.1 Å². The lowest BCUT2D eigenvalue weighted by Gasteiger charge is -2.24. The molecule has 130 valence electrons. The first kappa shape index (κ1) is 17.6. The molecule has 0 aliphatic rings. The van der Waals surface area contributed by atoms with E-state index < -0.39 is 0 Å². The third-order valence-electron chi connectivity index (χ3n) is 4.42. The zero-order valence-electron chi connectivity index (χ0n) is 14.6. The Morgan fingerprint density at radius 1 is 1.28 bits per heavy atom. The predicted octanol–water partition coefficient (Wildman–Crippen LogP) is 3.71. The Kier molecular flexibility index (Phi) is 5.20. The van der Waals surface area contributed by atoms with Gasteiger partial charge in [0.1, 0.15) is 0 Å². The summed E-state index contributed by atoms with van der Waals surface area (Å²) in [5, 5.41) is 6.74. The minimum atomic E-state index is -0.0590. The summed E-state index contributed by atoms with van der Waals surface area (Å²) < 4.78 is 0. The van der Waals surface area contributed by atoms with E-state index in [0.29, 0.717) is 23.8 Å². The molecule has 0 radical (unpaired) electrons. The van der Waals surface area contributed by atoms with Gasteiger partial charge in [-0.1, -0.05) is 18.2 Å². The normalized spacial score (nSPS) is 10.8. The fourth-order valence-corrected chi connectivity index (χ4v) is 3.69. The molecule has 2 aromatic heterocycles. The van der Waals surface area contributed by atoms with Gasteiger partial charge in [-0.25, -0.2) is 0 Å². The number of hydrogen-bond donors (Lipinski definition) is 2. The smallest absolute Gasteiger partial charge is 0.253 e. The fraction of sp³-hybridized carbons (Fsp3) is 0.263. The van der Waals surface area contributed by atoms with Crippen molar-refractivity contribution in [2.75, 3.05) is 7.05 Å². The van der Waals surface area contributed by atoms with Crippen molar-refractivity contribution in [3.63, 3.8) is 0 Å². The van der Waals surface area contributed by atoms with Crippen LogP contribution in [0.5, 0.6) is 0 Å². The number of benzene rings is 1. The maximum absolute atomic E-state index is 12.6. The van der Waals surface area contributed by atoms with Gasteiger partial charge in [-0.3, -0.25) is 4.79 Å². The predicted molar refractivity (Wildman–Crippen MR) is 109 cm³/mol. The number of pyridine rings is 1. The molecule has 1 aromatic carbocycles. The van der Waals surface area contributed by atoms with E-state index in [1.165, 1.54) is 10.4 Å². The zero-order chi connectivity index (χ0) is 18.0. The van der Waals surface area contributed by atoms with Crippen LogP contribution in [0, 0.1) is 13.8 Å². The molecular weight excluding hydrogens is 350 g/mol. The van der Waals surface area contributed by atoms with Crippen LogP contribution in [0.3, 0.4) is 0 Å². The first-order chi connectivity index (χ1) is 12.0. The summed E-state index contributed by atoms with van der Waals surface area (Å²) in [6.45, 7) is 5.24. The van der Waals surface area contributed by atoms with Gasteiger partial charge < -0.3 is 15.2 Å². The Hall–Kier alpha value is -2.18. The van der Waals surface area contributed by atoms with E-state index in [1.54, 1.807) is 18.4 Å². The van der Waals surface area contributed by atoms with E-state index in [9.17, 15) is 4.79 Å². The van der Waals surface area contributed by atoms with Crippen LogP contribution in [0.1, 0.15) is 21.6 Å². The van der Waals surface area contributed by atoms with E-state index in [-0.39, 0.29) is 5.56 Å². The van der Waals surface area contributed by atoms with Gasteiger partial charge in [0.15, 0.2) is 5.11 Å². The summed E-state index contributed by atoms with van der Waals surface area (Å²) in [5.41, 5.74) is 3.85. The molecule has 4 nitrogen and oxygen atoms in total. The van der Waals surface area contributed by atoms with E-state index in [4.69, 9.17) is 12.2 Å². The summed E-state index contributed by atoms with van der Waals surface area (Å²) in [6, 6.07) is 10.2. The molecule has 2 heterocycles. The van der Waals surface area contributed by atoms with Crippen molar-refractivity contribution in [3.05, 3.63) is 67.6 Å². The van der Waals surface area contributed by atoms with Gasteiger partial charge >= 0.3 is 0 Å². The van der Waals surface area contributed by atoms with Crippen molar-refractivity contribution < 1.29 is 0 Å². The monoisotopic (exact) mass is 371 g/mol. The number of H-pyrrole nitrogens is 1. The molecule has 0 bridgehead atoms. The maximum Gasteiger partial charge on any atom is 0.253 e. The zero-order valence-corrected chi connectivity index (χ0v) is 16.2. The van der Waals surface area contributed by atoms with Gasteiger partial charge in [0.05, 0.1) is 18.6 Å². The molecule has 6 heteroatoms. The standard InChI is InChI=1S/C19H21N3OS2/c1-12-6-7-14-9-15(18(23)21-17(14)13(12)2)10-22(19(24)20-3)11-16-5-4-8-25-16/h4-9H,10-11H2,1-3H3,(H,20,24)(H,21,23). The van der Waals surface area contributed by atoms with Gasteiger partial charge in [0.2, 0.25) is 0 Å². The average Bonchev–Trinajstić information content (AvgIpc) is 3.11. The molecule has 3 aromatic rings. The van der Waals surface area contributed by atoms with Gasteiger partial charge in [-0.15, -0.1) is 11.3 Å². The molecule has 0 saturated carbocycles. The lowest BCUT2D eigenvalue weighted by atomic mass is 10.0. The van der Waals surface area contributed by atoms with Crippen molar-refractivity contribution in [1.29, 1.82) is 0 Å². The molecule has 0 amide bonds. The highest BCUT2D eigenvalue weighted by Gasteiger charge is 2.14. The molecule has 2 N–H and O–H groups in total. The van der Waals surface area contributed by atoms with Crippen molar-refractivity contribution in [1.82, 2.24) is 15.2 Å². The Labute approximate surface area is 156 Å². The molecule has 0 fully saturated rings. The molecule has 0 aliphatic heterocycles. The second-order valence-corrected chi connectivity index (χ2v) is 7.50. The number of rotatable bonds is 4. The highest BCUT2D eigenvalue weighted by Crippen LogP contribution is 2.20. The molecule has 0 aliphatic carbocycles. The lowest BCUT2D eigenvalue weighted by molar-refractivity contribution is 0.404. The topological polar surface area (TPSA) is 48.1 Å². The molecule has 25 heavy (non-hydrogen) atoms. The Morgan fingerprint density at radius 2 is 2.08 bits per heavy atom.